The van der Waals surface area contributed by atoms with Crippen LogP contribution in [0.25, 0.3) is 38.8 Å². The average molecular weight is 931 g/mol. The summed E-state index contributed by atoms with van der Waals surface area (Å²) < 4.78 is 8.68. The van der Waals surface area contributed by atoms with Gasteiger partial charge in [0, 0.05) is 50.0 Å². The Balaban J connectivity index is 0.00000496. The van der Waals surface area contributed by atoms with Gasteiger partial charge in [0.05, 0.1) is 0 Å². The molecule has 7 aromatic rings. The molecule has 294 valence electrons. The molecule has 0 fully saturated rings. The Kier molecular flexibility index (Phi) is 11.3. The van der Waals surface area contributed by atoms with Crippen LogP contribution in [0, 0.1) is 18.8 Å². The van der Waals surface area contributed by atoms with E-state index in [1.165, 1.54) is 33.4 Å². The summed E-state index contributed by atoms with van der Waals surface area (Å²) in [5, 5.41) is 2.25. The van der Waals surface area contributed by atoms with Crippen molar-refractivity contribution in [2.24, 2.45) is 0 Å². The van der Waals surface area contributed by atoms with Gasteiger partial charge in [0.1, 0.15) is 5.82 Å². The Morgan fingerprint density at radius 2 is 1.37 bits per heavy atom. The average Bonchev–Trinajstić information content (AvgIpc) is 3.81. The van der Waals surface area contributed by atoms with E-state index in [4.69, 9.17) is 9.72 Å². The van der Waals surface area contributed by atoms with Crippen molar-refractivity contribution in [2.45, 2.75) is 85.5 Å². The van der Waals surface area contributed by atoms with Crippen LogP contribution in [-0.2, 0) is 26.5 Å². The molecule has 8 rings (SSSR count). The Bertz CT molecular complexity index is 2560. The van der Waals surface area contributed by atoms with Gasteiger partial charge < -0.3 is 19.1 Å². The van der Waals surface area contributed by atoms with Gasteiger partial charge in [-0.2, -0.15) is 12.1 Å². The fourth-order valence-electron chi connectivity index (χ4n) is 7.70. The second-order valence-corrected chi connectivity index (χ2v) is 16.9. The molecule has 5 nitrogen and oxygen atoms in total. The first-order valence-electron chi connectivity index (χ1n) is 19.9. The number of ether oxygens (including phenoxy) is 1. The number of fused-ring (bicyclic) bond motifs is 3. The number of pyridine rings is 1. The molecular weight excluding hydrogens is 880 g/mol. The minimum absolute atomic E-state index is 0. The summed E-state index contributed by atoms with van der Waals surface area (Å²) in [4.78, 5) is 9.07. The van der Waals surface area contributed by atoms with E-state index in [1.807, 2.05) is 30.5 Å². The maximum Gasteiger partial charge on any atom is 0.135 e. The largest absolute Gasteiger partial charge is 0.509 e. The first-order chi connectivity index (χ1) is 26.9. The van der Waals surface area contributed by atoms with E-state index in [-0.39, 0.29) is 26.5 Å². The Morgan fingerprint density at radius 3 is 2.09 bits per heavy atom. The van der Waals surface area contributed by atoms with Crippen molar-refractivity contribution in [3.05, 3.63) is 163 Å². The molecule has 0 aliphatic carbocycles. The molecule has 5 aromatic carbocycles. The summed E-state index contributed by atoms with van der Waals surface area (Å²) in [7, 11) is 0. The predicted octanol–water partition coefficient (Wildman–Crippen LogP) is 13.8. The van der Waals surface area contributed by atoms with E-state index in [0.717, 1.165) is 39.0 Å². The molecule has 0 saturated heterocycles. The predicted molar refractivity (Wildman–Crippen MR) is 234 cm³/mol. The van der Waals surface area contributed by atoms with E-state index in [0.29, 0.717) is 29.3 Å². The number of hydrogen-bond donors (Lipinski definition) is 0. The molecule has 2 aromatic heterocycles. The standard InChI is InChI=1S/C51H51N4O.Pt/c1-33(2)37-27-45(34(3)4)50(46(28-37)35(5)6)36-14-12-15-39(26-36)53-24-25-54(32-53)40-16-13-17-41(30-40)56-42-20-21-44-43-18-10-11-19-47(43)55(48(44)31-42)49-29-38(22-23-52-49)51(7,8)9;/h10-29,32-35H,1-9H3;/q-3;. The number of rotatable bonds is 9. The molecule has 3 heterocycles. The van der Waals surface area contributed by atoms with Crippen molar-refractivity contribution in [1.82, 2.24) is 9.55 Å². The molecule has 6 heteroatoms. The van der Waals surface area contributed by atoms with Gasteiger partial charge in [-0.05, 0) is 105 Å². The summed E-state index contributed by atoms with van der Waals surface area (Å²) >= 11 is 0. The van der Waals surface area contributed by atoms with Crippen LogP contribution in [0.4, 0.5) is 11.4 Å². The van der Waals surface area contributed by atoms with E-state index in [1.54, 1.807) is 0 Å². The number of para-hydroxylation sites is 1. The Morgan fingerprint density at radius 1 is 0.667 bits per heavy atom. The van der Waals surface area contributed by atoms with Crippen molar-refractivity contribution < 1.29 is 25.8 Å². The summed E-state index contributed by atoms with van der Waals surface area (Å²) in [6.45, 7) is 22.6. The zero-order valence-corrected chi connectivity index (χ0v) is 36.6. The number of nitrogens with zero attached hydrogens (tertiary/aromatic N) is 4. The second kappa shape index (κ2) is 16.0. The van der Waals surface area contributed by atoms with Crippen LogP contribution >= 0.6 is 0 Å². The summed E-state index contributed by atoms with van der Waals surface area (Å²) in [6, 6.07) is 43.7. The SMILES string of the molecule is CC(C)c1cc(C(C)C)c(-c2cccc(N3C=CN(c4[c-]c(Oc5[c-]c6c(cc5)c5ccccc5n6-c5cc(C(C)(C)C)ccn5)ccc4)[CH-]3)c2)c(C(C)C)c1.[Pt]. The van der Waals surface area contributed by atoms with E-state index in [9.17, 15) is 0 Å². The molecule has 57 heavy (non-hydrogen) atoms. The molecule has 0 amide bonds. The zero-order chi connectivity index (χ0) is 39.3. The number of benzene rings is 5. The van der Waals surface area contributed by atoms with Gasteiger partial charge in [0.15, 0.2) is 0 Å². The molecule has 0 unspecified atom stereocenters. The van der Waals surface area contributed by atoms with E-state index >= 15 is 0 Å². The maximum absolute atomic E-state index is 6.49. The first kappa shape index (κ1) is 40.1. The van der Waals surface area contributed by atoms with Gasteiger partial charge in [0.2, 0.25) is 0 Å². The van der Waals surface area contributed by atoms with Crippen LogP contribution < -0.4 is 14.5 Å². The molecule has 0 atom stereocenters. The third kappa shape index (κ3) is 7.92. The monoisotopic (exact) mass is 930 g/mol. The third-order valence-corrected chi connectivity index (χ3v) is 10.9. The molecule has 0 saturated carbocycles. The van der Waals surface area contributed by atoms with Gasteiger partial charge in [-0.25, -0.2) is 4.98 Å². The fourth-order valence-corrected chi connectivity index (χ4v) is 7.70. The second-order valence-electron chi connectivity index (χ2n) is 16.9. The van der Waals surface area contributed by atoms with Crippen LogP contribution in [0.5, 0.6) is 11.5 Å². The Hall–Kier alpha value is -5.12. The molecule has 0 bridgehead atoms. The minimum Gasteiger partial charge on any atom is -0.509 e. The van der Waals surface area contributed by atoms with Gasteiger partial charge in [-0.15, -0.1) is 48.1 Å². The maximum atomic E-state index is 6.49. The number of anilines is 2. The summed E-state index contributed by atoms with van der Waals surface area (Å²) in [5.74, 6) is 3.40. The topological polar surface area (TPSA) is 33.5 Å². The van der Waals surface area contributed by atoms with Crippen LogP contribution in [0.3, 0.4) is 0 Å². The van der Waals surface area contributed by atoms with Gasteiger partial charge in [-0.1, -0.05) is 110 Å². The molecular formula is C51H51N4OPt-3. The summed E-state index contributed by atoms with van der Waals surface area (Å²) in [5.41, 5.74) is 12.1. The van der Waals surface area contributed by atoms with Crippen molar-refractivity contribution in [3.8, 4) is 28.4 Å². The fraction of sp³-hybridized carbons (Fsp3) is 0.255. The molecule has 0 radical (unpaired) electrons. The van der Waals surface area contributed by atoms with E-state index in [2.05, 4.69) is 187 Å². The van der Waals surface area contributed by atoms with Gasteiger partial charge >= 0.3 is 0 Å². The zero-order valence-electron chi connectivity index (χ0n) is 34.4. The first-order valence-corrected chi connectivity index (χ1v) is 19.9. The third-order valence-electron chi connectivity index (χ3n) is 10.9. The quantitative estimate of drug-likeness (QED) is 0.135. The normalized spacial score (nSPS) is 13.1. The Labute approximate surface area is 353 Å². The number of hydrogen-bond acceptors (Lipinski definition) is 4. The molecule has 0 spiro atoms. The van der Waals surface area contributed by atoms with Crippen molar-refractivity contribution in [1.29, 1.82) is 0 Å². The summed E-state index contributed by atoms with van der Waals surface area (Å²) in [6.07, 6.45) is 6.06. The van der Waals surface area contributed by atoms with Crippen molar-refractivity contribution in [3.63, 3.8) is 0 Å². The smallest absolute Gasteiger partial charge is 0.135 e. The molecule has 1 aliphatic rings. The van der Waals surface area contributed by atoms with Gasteiger partial charge in [0.25, 0.3) is 0 Å². The van der Waals surface area contributed by atoms with Gasteiger partial charge in [-0.3, -0.25) is 0 Å². The van der Waals surface area contributed by atoms with Crippen molar-refractivity contribution >= 4 is 33.2 Å². The minimum atomic E-state index is -0.00651. The number of aromatic nitrogens is 2. The van der Waals surface area contributed by atoms with Crippen LogP contribution in [0.1, 0.15) is 102 Å². The van der Waals surface area contributed by atoms with Crippen molar-refractivity contribution in [2.75, 3.05) is 9.80 Å². The van der Waals surface area contributed by atoms with Crippen LogP contribution in [-0.4, -0.2) is 9.55 Å². The molecule has 1 aliphatic heterocycles. The van der Waals surface area contributed by atoms with Crippen LogP contribution in [0.2, 0.25) is 0 Å². The van der Waals surface area contributed by atoms with Crippen LogP contribution in [0.15, 0.2) is 122 Å². The molecule has 0 N–H and O–H groups in total. The van der Waals surface area contributed by atoms with E-state index < -0.39 is 0 Å².